The van der Waals surface area contributed by atoms with Crippen LogP contribution in [0.15, 0.2) is 0 Å². The fourth-order valence-corrected chi connectivity index (χ4v) is 2.43. The predicted molar refractivity (Wildman–Crippen MR) is 60.9 cm³/mol. The van der Waals surface area contributed by atoms with Crippen LogP contribution in [0.5, 0.6) is 0 Å². The molecule has 0 spiro atoms. The third-order valence-corrected chi connectivity index (χ3v) is 3.23. The molecule has 9 heteroatoms. The van der Waals surface area contributed by atoms with Gasteiger partial charge >= 0.3 is 23.9 Å². The van der Waals surface area contributed by atoms with Crippen LogP contribution < -0.4 is 0 Å². The van der Waals surface area contributed by atoms with Crippen LogP contribution in [0.2, 0.25) is 0 Å². The third-order valence-electron chi connectivity index (χ3n) is 2.08. The first kappa shape index (κ1) is 14.6. The number of hydrogen-bond donors (Lipinski definition) is 2. The standard InChI is InChI=1S/C10H8O8S/c1-17-9(15)5-3(7(11)12)4(8(13)14)6(19-5)10(16)18-2/h1-2H3,(H,11,12)(H,13,14). The zero-order valence-electron chi connectivity index (χ0n) is 9.75. The number of hydrogen-bond acceptors (Lipinski definition) is 7. The molecule has 8 nitrogen and oxygen atoms in total. The molecule has 0 saturated heterocycles. The summed E-state index contributed by atoms with van der Waals surface area (Å²) in [5, 5.41) is 18.0. The molecule has 1 rings (SSSR count). The summed E-state index contributed by atoms with van der Waals surface area (Å²) in [6, 6.07) is 0. The Morgan fingerprint density at radius 2 is 1.16 bits per heavy atom. The molecule has 19 heavy (non-hydrogen) atoms. The van der Waals surface area contributed by atoms with Gasteiger partial charge in [0.15, 0.2) is 0 Å². The van der Waals surface area contributed by atoms with E-state index in [0.717, 1.165) is 14.2 Å². The van der Waals surface area contributed by atoms with Crippen LogP contribution in [0.25, 0.3) is 0 Å². The number of carbonyl (C=O) groups is 4. The van der Waals surface area contributed by atoms with Crippen LogP contribution in [0.3, 0.4) is 0 Å². The van der Waals surface area contributed by atoms with Gasteiger partial charge in [0.1, 0.15) is 20.9 Å². The smallest absolute Gasteiger partial charge is 0.348 e. The van der Waals surface area contributed by atoms with Gasteiger partial charge in [-0.2, -0.15) is 0 Å². The van der Waals surface area contributed by atoms with Crippen LogP contribution in [-0.4, -0.2) is 48.3 Å². The normalized spacial score (nSPS) is 9.79. The molecule has 0 saturated carbocycles. The average Bonchev–Trinajstić information content (AvgIpc) is 2.77. The van der Waals surface area contributed by atoms with Crippen LogP contribution in [0.1, 0.15) is 40.1 Å². The van der Waals surface area contributed by atoms with Crippen LogP contribution in [0.4, 0.5) is 0 Å². The molecule has 0 fully saturated rings. The number of carboxylic acid groups (broad SMARTS) is 2. The summed E-state index contributed by atoms with van der Waals surface area (Å²) in [6.07, 6.45) is 0. The number of methoxy groups -OCH3 is 2. The maximum absolute atomic E-state index is 11.4. The van der Waals surface area contributed by atoms with Crippen molar-refractivity contribution in [1.29, 1.82) is 0 Å². The van der Waals surface area contributed by atoms with Gasteiger partial charge in [-0.3, -0.25) is 0 Å². The second-order valence-corrected chi connectivity index (χ2v) is 4.12. The molecule has 0 radical (unpaired) electrons. The number of esters is 2. The van der Waals surface area contributed by atoms with E-state index in [9.17, 15) is 19.2 Å². The van der Waals surface area contributed by atoms with E-state index in [-0.39, 0.29) is 0 Å². The molecule has 0 unspecified atom stereocenters. The Balaban J connectivity index is 3.68. The van der Waals surface area contributed by atoms with Crippen LogP contribution in [0, 0.1) is 0 Å². The maximum atomic E-state index is 11.4. The van der Waals surface area contributed by atoms with Gasteiger partial charge in [0.2, 0.25) is 0 Å². The van der Waals surface area contributed by atoms with Crippen molar-refractivity contribution < 1.29 is 38.9 Å². The topological polar surface area (TPSA) is 127 Å². The zero-order valence-corrected chi connectivity index (χ0v) is 10.6. The zero-order chi connectivity index (χ0) is 14.7. The van der Waals surface area contributed by atoms with E-state index in [2.05, 4.69) is 9.47 Å². The summed E-state index contributed by atoms with van der Waals surface area (Å²) in [7, 11) is 2.01. The van der Waals surface area contributed by atoms with Crippen molar-refractivity contribution in [2.45, 2.75) is 0 Å². The number of aromatic carboxylic acids is 2. The van der Waals surface area contributed by atoms with E-state index in [1.54, 1.807) is 0 Å². The molecule has 0 aliphatic carbocycles. The lowest BCUT2D eigenvalue weighted by molar-refractivity contribution is 0.0576. The average molecular weight is 288 g/mol. The van der Waals surface area contributed by atoms with Crippen molar-refractivity contribution in [3.05, 3.63) is 20.9 Å². The fourth-order valence-electron chi connectivity index (χ4n) is 1.31. The van der Waals surface area contributed by atoms with Crippen molar-refractivity contribution >= 4 is 35.2 Å². The van der Waals surface area contributed by atoms with E-state index >= 15 is 0 Å². The summed E-state index contributed by atoms with van der Waals surface area (Å²) < 4.78 is 8.70. The molecule has 0 aromatic carbocycles. The first-order valence-corrected chi connectivity index (χ1v) is 5.46. The van der Waals surface area contributed by atoms with Crippen molar-refractivity contribution in [3.8, 4) is 0 Å². The number of rotatable bonds is 4. The Morgan fingerprint density at radius 1 is 0.842 bits per heavy atom. The van der Waals surface area contributed by atoms with Gasteiger partial charge in [-0.25, -0.2) is 19.2 Å². The van der Waals surface area contributed by atoms with Gasteiger partial charge in [0.05, 0.1) is 14.2 Å². The molecule has 0 bridgehead atoms. The van der Waals surface area contributed by atoms with Gasteiger partial charge in [-0.15, -0.1) is 11.3 Å². The molecular weight excluding hydrogens is 280 g/mol. The monoisotopic (exact) mass is 288 g/mol. The maximum Gasteiger partial charge on any atom is 0.348 e. The van der Waals surface area contributed by atoms with Gasteiger partial charge in [0.25, 0.3) is 0 Å². The highest BCUT2D eigenvalue weighted by Gasteiger charge is 2.34. The lowest BCUT2D eigenvalue weighted by Gasteiger charge is -1.99. The molecule has 1 aromatic heterocycles. The first-order chi connectivity index (χ1) is 8.84. The summed E-state index contributed by atoms with van der Waals surface area (Å²) in [6.45, 7) is 0. The number of thiophene rings is 1. The highest BCUT2D eigenvalue weighted by Crippen LogP contribution is 2.30. The molecule has 0 atom stereocenters. The van der Waals surface area contributed by atoms with Crippen LogP contribution >= 0.6 is 11.3 Å². The van der Waals surface area contributed by atoms with Crippen molar-refractivity contribution in [2.75, 3.05) is 14.2 Å². The minimum atomic E-state index is -1.65. The fraction of sp³-hybridized carbons (Fsp3) is 0.200. The van der Waals surface area contributed by atoms with E-state index in [1.807, 2.05) is 0 Å². The number of ether oxygens (including phenoxy) is 2. The molecule has 0 aliphatic rings. The third kappa shape index (κ3) is 2.55. The lowest BCUT2D eigenvalue weighted by atomic mass is 10.1. The van der Waals surface area contributed by atoms with E-state index in [1.165, 1.54) is 0 Å². The minimum Gasteiger partial charge on any atom is -0.478 e. The highest BCUT2D eigenvalue weighted by atomic mass is 32.1. The van der Waals surface area contributed by atoms with Gasteiger partial charge < -0.3 is 19.7 Å². The van der Waals surface area contributed by atoms with Gasteiger partial charge in [0, 0.05) is 0 Å². The molecule has 1 aromatic rings. The molecule has 2 N–H and O–H groups in total. The van der Waals surface area contributed by atoms with Crippen molar-refractivity contribution in [3.63, 3.8) is 0 Å². The molecular formula is C10H8O8S. The van der Waals surface area contributed by atoms with E-state index < -0.39 is 44.8 Å². The SMILES string of the molecule is COC(=O)c1sc(C(=O)OC)c(C(=O)O)c1C(=O)O. The second-order valence-electron chi connectivity index (χ2n) is 3.10. The molecule has 0 aliphatic heterocycles. The van der Waals surface area contributed by atoms with Crippen molar-refractivity contribution in [1.82, 2.24) is 0 Å². The predicted octanol–water partition coefficient (Wildman–Crippen LogP) is 0.718. The number of carbonyl (C=O) groups excluding carboxylic acids is 2. The Bertz CT molecular complexity index is 522. The quantitative estimate of drug-likeness (QED) is 0.775. The summed E-state index contributed by atoms with van der Waals surface area (Å²) in [4.78, 5) is 44.0. The van der Waals surface area contributed by atoms with E-state index in [4.69, 9.17) is 10.2 Å². The second kappa shape index (κ2) is 5.48. The molecule has 0 amide bonds. The van der Waals surface area contributed by atoms with Crippen LogP contribution in [-0.2, 0) is 9.47 Å². The van der Waals surface area contributed by atoms with Gasteiger partial charge in [-0.1, -0.05) is 0 Å². The highest BCUT2D eigenvalue weighted by molar-refractivity contribution is 7.16. The minimum absolute atomic E-state index is 0.397. The van der Waals surface area contributed by atoms with E-state index in [0.29, 0.717) is 11.3 Å². The number of carboxylic acids is 2. The molecule has 1 heterocycles. The largest absolute Gasteiger partial charge is 0.478 e. The Kier molecular flexibility index (Phi) is 4.22. The molecule has 102 valence electrons. The lowest BCUT2D eigenvalue weighted by Crippen LogP contribution is -2.13. The summed E-state index contributed by atoms with van der Waals surface area (Å²) in [5.74, 6) is -5.38. The Hall–Kier alpha value is -2.42. The summed E-state index contributed by atoms with van der Waals surface area (Å²) in [5.41, 5.74) is -1.57. The van der Waals surface area contributed by atoms with Gasteiger partial charge in [-0.05, 0) is 0 Å². The first-order valence-electron chi connectivity index (χ1n) is 4.65. The Morgan fingerprint density at radius 3 is 1.37 bits per heavy atom. The Labute approximate surface area is 110 Å². The summed E-state index contributed by atoms with van der Waals surface area (Å²) >= 11 is 0.397. The van der Waals surface area contributed by atoms with Crippen molar-refractivity contribution in [2.24, 2.45) is 0 Å².